The molecule has 4 aliphatic rings. The van der Waals surface area contributed by atoms with Crippen molar-refractivity contribution in [3.05, 3.63) is 59.4 Å². The first kappa shape index (κ1) is 36.4. The van der Waals surface area contributed by atoms with E-state index in [4.69, 9.17) is 9.26 Å². The highest BCUT2D eigenvalue weighted by molar-refractivity contribution is 7.91. The number of amides is 4. The molecule has 1 unspecified atom stereocenters. The zero-order chi connectivity index (χ0) is 37.5. The second-order valence-electron chi connectivity index (χ2n) is 14.3. The maximum Gasteiger partial charge on any atom is 0.290 e. The summed E-state index contributed by atoms with van der Waals surface area (Å²) in [6.45, 7) is 3.44. The van der Waals surface area contributed by atoms with Crippen LogP contribution in [0.2, 0.25) is 0 Å². The number of hydrogen-bond donors (Lipinski definition) is 3. The standard InChI is InChI=1S/C36H42FN7O8S/c1-3-25-33(40-28-16-22(37)11-14-26(28)38-25)51-23-17-29-31(45)41-36(35(48)43-53(49,50)24-12-13-24)18-21(36)9-7-5-4-6-8-10-27(34(47)44(29)19-23)39-32(46)30-15-20(2)42-52-30/h7,9,11,14-16,21,23-24,27,29H,3-6,8,10,12-13,17-19H2,1-2H3,(H,39,46)(H,41,45)(H,43,48)/b9-7-/t21?,23-,27+,29+,36-/m1/s1. The lowest BCUT2D eigenvalue weighted by atomic mass is 10.0. The first-order valence-electron chi connectivity index (χ1n) is 18.1. The van der Waals surface area contributed by atoms with Gasteiger partial charge in [0.1, 0.15) is 35.2 Å². The number of aryl methyl sites for hydroxylation is 2. The van der Waals surface area contributed by atoms with Crippen molar-refractivity contribution < 1.29 is 41.2 Å². The molecular formula is C36H42FN7O8S. The Kier molecular flexibility index (Phi) is 9.95. The number of halogens is 1. The fourth-order valence-electron chi connectivity index (χ4n) is 7.08. The van der Waals surface area contributed by atoms with E-state index in [1.807, 2.05) is 19.1 Å². The highest BCUT2D eigenvalue weighted by Crippen LogP contribution is 2.46. The molecule has 282 valence electrons. The summed E-state index contributed by atoms with van der Waals surface area (Å²) in [7, 11) is -3.91. The van der Waals surface area contributed by atoms with Gasteiger partial charge in [0.2, 0.25) is 33.5 Å². The predicted octanol–water partition coefficient (Wildman–Crippen LogP) is 2.78. The molecule has 0 bridgehead atoms. The summed E-state index contributed by atoms with van der Waals surface area (Å²) < 4.78 is 53.4. The molecule has 17 heteroatoms. The highest BCUT2D eigenvalue weighted by Gasteiger charge is 2.62. The SMILES string of the molecule is CCc1nc2ccc(F)cc2nc1O[C@@H]1C[C@H]2C(=O)N[C@]3(C(=O)NS(=O)(=O)C4CC4)CC3/C=C\CCCCC[C@H](NC(=O)c3cc(C)no3)C(=O)N2C1. The molecule has 2 aliphatic heterocycles. The van der Waals surface area contributed by atoms with Crippen molar-refractivity contribution in [1.29, 1.82) is 0 Å². The Morgan fingerprint density at radius 2 is 1.92 bits per heavy atom. The molecule has 4 amide bonds. The number of hydrogen-bond acceptors (Lipinski definition) is 11. The first-order valence-corrected chi connectivity index (χ1v) is 19.6. The van der Waals surface area contributed by atoms with Crippen molar-refractivity contribution in [3.8, 4) is 5.88 Å². The first-order chi connectivity index (χ1) is 25.4. The number of ether oxygens (including phenoxy) is 1. The van der Waals surface area contributed by atoms with Gasteiger partial charge in [0.05, 0.1) is 28.5 Å². The van der Waals surface area contributed by atoms with Gasteiger partial charge in [0.15, 0.2) is 0 Å². The van der Waals surface area contributed by atoms with E-state index in [9.17, 15) is 32.0 Å². The summed E-state index contributed by atoms with van der Waals surface area (Å²) in [5.41, 5.74) is 0.193. The van der Waals surface area contributed by atoms with E-state index in [-0.39, 0.29) is 43.0 Å². The van der Waals surface area contributed by atoms with E-state index in [2.05, 4.69) is 30.5 Å². The minimum atomic E-state index is -3.91. The molecule has 1 aromatic carbocycles. The lowest BCUT2D eigenvalue weighted by Gasteiger charge is -2.29. The van der Waals surface area contributed by atoms with Gasteiger partial charge in [-0.15, -0.1) is 0 Å². The van der Waals surface area contributed by atoms with Crippen LogP contribution >= 0.6 is 0 Å². The van der Waals surface area contributed by atoms with Crippen LogP contribution in [-0.2, 0) is 30.8 Å². The van der Waals surface area contributed by atoms with E-state index in [1.54, 1.807) is 6.92 Å². The van der Waals surface area contributed by atoms with Crippen molar-refractivity contribution in [2.75, 3.05) is 6.54 Å². The fraction of sp³-hybridized carbons (Fsp3) is 0.528. The molecule has 7 rings (SSSR count). The molecule has 0 spiro atoms. The van der Waals surface area contributed by atoms with Crippen LogP contribution in [0.4, 0.5) is 4.39 Å². The van der Waals surface area contributed by atoms with Gasteiger partial charge in [0, 0.05) is 24.5 Å². The third-order valence-corrected chi connectivity index (χ3v) is 12.1. The van der Waals surface area contributed by atoms with Crippen molar-refractivity contribution >= 4 is 44.7 Å². The number of carbonyl (C=O) groups is 4. The Morgan fingerprint density at radius 3 is 2.66 bits per heavy atom. The quantitative estimate of drug-likeness (QED) is 0.286. The van der Waals surface area contributed by atoms with E-state index in [0.29, 0.717) is 49.0 Å². The van der Waals surface area contributed by atoms with Crippen LogP contribution in [0.3, 0.4) is 0 Å². The van der Waals surface area contributed by atoms with Gasteiger partial charge in [-0.2, -0.15) is 0 Å². The highest BCUT2D eigenvalue weighted by atomic mass is 32.2. The predicted molar refractivity (Wildman–Crippen MR) is 187 cm³/mol. The van der Waals surface area contributed by atoms with Crippen LogP contribution < -0.4 is 20.1 Å². The summed E-state index contributed by atoms with van der Waals surface area (Å²) in [6.07, 6.45) is 7.49. The third kappa shape index (κ3) is 7.75. The molecular weight excluding hydrogens is 710 g/mol. The molecule has 2 aliphatic carbocycles. The zero-order valence-electron chi connectivity index (χ0n) is 29.5. The molecule has 5 atom stereocenters. The average molecular weight is 752 g/mol. The number of benzene rings is 1. The van der Waals surface area contributed by atoms with Crippen molar-refractivity contribution in [3.63, 3.8) is 0 Å². The molecule has 15 nitrogen and oxygen atoms in total. The number of aromatic nitrogens is 3. The van der Waals surface area contributed by atoms with E-state index in [0.717, 1.165) is 12.8 Å². The van der Waals surface area contributed by atoms with Crippen LogP contribution in [0, 0.1) is 18.7 Å². The molecule has 1 saturated heterocycles. The normalized spacial score (nSPS) is 27.1. The molecule has 53 heavy (non-hydrogen) atoms. The molecule has 2 saturated carbocycles. The van der Waals surface area contributed by atoms with Gasteiger partial charge in [-0.05, 0) is 64.0 Å². The Labute approximate surface area is 305 Å². The molecule has 3 aromatic rings. The lowest BCUT2D eigenvalue weighted by Crippen LogP contribution is -2.58. The van der Waals surface area contributed by atoms with E-state index in [1.165, 1.54) is 29.2 Å². The topological polar surface area (TPSA) is 203 Å². The Bertz CT molecular complexity index is 2090. The molecule has 4 heterocycles. The molecule has 3 fully saturated rings. The fourth-order valence-corrected chi connectivity index (χ4v) is 8.44. The van der Waals surface area contributed by atoms with Gasteiger partial charge in [-0.3, -0.25) is 23.9 Å². The minimum Gasteiger partial charge on any atom is -0.471 e. The number of fused-ring (bicyclic) bond motifs is 3. The van der Waals surface area contributed by atoms with E-state index >= 15 is 0 Å². The van der Waals surface area contributed by atoms with Crippen LogP contribution in [-0.4, -0.2) is 87.6 Å². The smallest absolute Gasteiger partial charge is 0.290 e. The number of sulfonamides is 1. The van der Waals surface area contributed by atoms with Crippen LogP contribution in [0.5, 0.6) is 5.88 Å². The maximum absolute atomic E-state index is 14.5. The Balaban J connectivity index is 1.20. The van der Waals surface area contributed by atoms with Crippen LogP contribution in [0.1, 0.15) is 86.7 Å². The number of nitrogens with zero attached hydrogens (tertiary/aromatic N) is 4. The average Bonchev–Trinajstić information content (AvgIpc) is 4.01. The summed E-state index contributed by atoms with van der Waals surface area (Å²) >= 11 is 0. The summed E-state index contributed by atoms with van der Waals surface area (Å²) in [5, 5.41) is 8.73. The second-order valence-corrected chi connectivity index (χ2v) is 16.3. The molecule has 3 N–H and O–H groups in total. The van der Waals surface area contributed by atoms with Crippen molar-refractivity contribution in [2.45, 2.75) is 107 Å². The van der Waals surface area contributed by atoms with Crippen molar-refractivity contribution in [2.24, 2.45) is 5.92 Å². The zero-order valence-corrected chi connectivity index (χ0v) is 30.3. The number of nitrogens with one attached hydrogen (secondary N) is 3. The second kappa shape index (κ2) is 14.5. The monoisotopic (exact) mass is 751 g/mol. The van der Waals surface area contributed by atoms with Crippen LogP contribution in [0.25, 0.3) is 11.0 Å². The van der Waals surface area contributed by atoms with Gasteiger partial charge < -0.3 is 24.8 Å². The number of rotatable bonds is 8. The molecule has 0 radical (unpaired) electrons. The lowest BCUT2D eigenvalue weighted by molar-refractivity contribution is -0.141. The van der Waals surface area contributed by atoms with Gasteiger partial charge in [-0.1, -0.05) is 37.1 Å². The minimum absolute atomic E-state index is 0.0237. The summed E-state index contributed by atoms with van der Waals surface area (Å²) in [6, 6.07) is 3.28. The van der Waals surface area contributed by atoms with Gasteiger partial charge >= 0.3 is 0 Å². The van der Waals surface area contributed by atoms with Gasteiger partial charge in [0.25, 0.3) is 11.8 Å². The summed E-state index contributed by atoms with van der Waals surface area (Å²) in [5.74, 6) is -3.57. The van der Waals surface area contributed by atoms with Gasteiger partial charge in [-0.25, -0.2) is 22.8 Å². The van der Waals surface area contributed by atoms with Crippen LogP contribution in [0.15, 0.2) is 40.9 Å². The Hall–Kier alpha value is -4.93. The van der Waals surface area contributed by atoms with Crippen molar-refractivity contribution in [1.82, 2.24) is 35.4 Å². The number of allylic oxidation sites excluding steroid dienone is 1. The maximum atomic E-state index is 14.5. The molecule has 2 aromatic heterocycles. The third-order valence-electron chi connectivity index (χ3n) is 10.3. The largest absolute Gasteiger partial charge is 0.471 e. The Morgan fingerprint density at radius 1 is 1.11 bits per heavy atom. The van der Waals surface area contributed by atoms with E-state index < -0.39 is 74.4 Å². The summed E-state index contributed by atoms with van der Waals surface area (Å²) in [4.78, 5) is 66.2. The number of carbonyl (C=O) groups excluding carboxylic acids is 4.